The van der Waals surface area contributed by atoms with E-state index in [1.54, 1.807) is 0 Å². The highest BCUT2D eigenvalue weighted by molar-refractivity contribution is 6.73. The maximum atomic E-state index is 6.92. The average Bonchev–Trinajstić information content (AvgIpc) is 3.40. The number of rotatable bonds is 2. The Labute approximate surface area is 255 Å². The molecule has 7 rings (SSSR count). The van der Waals surface area contributed by atoms with Crippen molar-refractivity contribution >= 4 is 163 Å². The third-order valence-electron chi connectivity index (χ3n) is 10.4. The molecule has 0 aliphatic heterocycles. The summed E-state index contributed by atoms with van der Waals surface area (Å²) in [5.41, 5.74) is 18.6. The largest absolute Gasteiger partial charge is 0.455 e. The summed E-state index contributed by atoms with van der Waals surface area (Å²) in [5, 5.41) is 7.78. The van der Waals surface area contributed by atoms with Crippen LogP contribution < -0.4 is 49.2 Å². The van der Waals surface area contributed by atoms with Gasteiger partial charge in [0.05, 0.1) is 5.69 Å². The third-order valence-corrected chi connectivity index (χ3v) is 10.4. The van der Waals surface area contributed by atoms with Gasteiger partial charge in [-0.3, -0.25) is 4.98 Å². The zero-order chi connectivity index (χ0) is 29.6. The van der Waals surface area contributed by atoms with Gasteiger partial charge < -0.3 is 4.42 Å². The molecular weight excluding hydrogens is 500 g/mol. The average molecular weight is 528 g/mol. The van der Waals surface area contributed by atoms with E-state index in [4.69, 9.17) is 4.42 Å². The van der Waals surface area contributed by atoms with E-state index in [1.807, 2.05) is 18.3 Å². The summed E-state index contributed by atoms with van der Waals surface area (Å²) in [6.07, 6.45) is 1.84. The second kappa shape index (κ2) is 9.59. The van der Waals surface area contributed by atoms with E-state index < -0.39 is 0 Å². The van der Waals surface area contributed by atoms with Crippen molar-refractivity contribution < 1.29 is 4.42 Å². The summed E-state index contributed by atoms with van der Waals surface area (Å²) >= 11 is 0. The van der Waals surface area contributed by atoms with Crippen LogP contribution in [-0.2, 0) is 0 Å². The summed E-state index contributed by atoms with van der Waals surface area (Å²) < 4.78 is 6.92. The smallest absolute Gasteiger partial charge is 0.144 e. The summed E-state index contributed by atoms with van der Waals surface area (Å²) in [6, 6.07) is 19.1. The van der Waals surface area contributed by atoms with Crippen LogP contribution in [-0.4, -0.2) is 75.6 Å². The molecule has 0 bridgehead atoms. The highest BCUT2D eigenvalue weighted by atomic mass is 16.3. The Morgan fingerprint density at radius 2 is 0.929 bits per heavy atom. The molecule has 7 aromatic rings. The number of nitrogens with zero attached hydrogens (tertiary/aromatic N) is 1. The van der Waals surface area contributed by atoms with Crippen LogP contribution in [0.15, 0.2) is 65.2 Å². The number of aromatic nitrogens is 1. The van der Waals surface area contributed by atoms with Crippen LogP contribution in [0.5, 0.6) is 0 Å². The predicted molar refractivity (Wildman–Crippen MR) is 211 cm³/mol. The zero-order valence-corrected chi connectivity index (χ0v) is 26.1. The molecule has 2 nitrogen and oxygen atoms in total. The molecule has 0 radical (unpaired) electrons. The molecule has 0 aliphatic rings. The third kappa shape index (κ3) is 3.55. The monoisotopic (exact) mass is 529 g/mol. The molecule has 0 spiro atoms. The second-order valence-electron chi connectivity index (χ2n) is 12.2. The predicted octanol–water partition coefficient (Wildman–Crippen LogP) is -7.05. The van der Waals surface area contributed by atoms with Crippen molar-refractivity contribution in [3.8, 4) is 22.4 Å². The molecule has 0 saturated carbocycles. The van der Waals surface area contributed by atoms with Gasteiger partial charge in [0.2, 0.25) is 0 Å². The zero-order valence-electron chi connectivity index (χ0n) is 26.1. The van der Waals surface area contributed by atoms with Crippen LogP contribution in [0.25, 0.3) is 65.9 Å². The number of hydrogen-bond acceptors (Lipinski definition) is 2. The standard InChI is InChI=1S/C31H28B9NO/c32-21-16(14-8-4-6-12-11-5-3-7-13(30(11)42-31(12)14)15-9-1-2-10-41-15)17-18(23(34)27(38)26(37)22(17)33)19-20(21)25(36)29(40)28(39)24(19)35/h1-10H,32-40H2. The lowest BCUT2D eigenvalue weighted by Gasteiger charge is -2.27. The summed E-state index contributed by atoms with van der Waals surface area (Å²) in [5.74, 6) is 0. The Hall–Kier alpha value is -3.85. The molecule has 42 heavy (non-hydrogen) atoms. The Kier molecular flexibility index (Phi) is 6.17. The first-order valence-corrected chi connectivity index (χ1v) is 14.9. The van der Waals surface area contributed by atoms with Gasteiger partial charge in [-0.2, -0.15) is 0 Å². The minimum atomic E-state index is 0.889. The SMILES string of the molecule is Bc1c(B)c(B)c2c(c1B)c(B)c(-c1cccc3c1oc1c(-c4ccccn4)cccc13)c1c(B)c(B)c(B)c(B)c12. The first kappa shape index (κ1) is 27.0. The number of hydrogen-bond donors (Lipinski definition) is 0. The number of fused-ring (bicyclic) bond motifs is 6. The lowest BCUT2D eigenvalue weighted by atomic mass is 9.58. The van der Waals surface area contributed by atoms with Crippen LogP contribution in [0.2, 0.25) is 0 Å². The fourth-order valence-corrected chi connectivity index (χ4v) is 7.42. The van der Waals surface area contributed by atoms with E-state index in [1.165, 1.54) is 76.3 Å². The van der Waals surface area contributed by atoms with Crippen molar-refractivity contribution in [2.45, 2.75) is 0 Å². The summed E-state index contributed by atoms with van der Waals surface area (Å²) in [4.78, 5) is 4.65. The van der Waals surface area contributed by atoms with E-state index in [9.17, 15) is 0 Å². The van der Waals surface area contributed by atoms with Crippen LogP contribution in [0.3, 0.4) is 0 Å². The summed E-state index contributed by atoms with van der Waals surface area (Å²) in [7, 11) is 20.7. The molecule has 0 N–H and O–H groups in total. The fourth-order valence-electron chi connectivity index (χ4n) is 7.42. The second-order valence-corrected chi connectivity index (χ2v) is 12.2. The number of pyridine rings is 1. The molecule has 0 atom stereocenters. The van der Waals surface area contributed by atoms with E-state index in [-0.39, 0.29) is 0 Å². The fraction of sp³-hybridized carbons (Fsp3) is 0. The maximum absolute atomic E-state index is 6.92. The molecule has 5 aromatic carbocycles. The molecule has 0 fully saturated rings. The number of para-hydroxylation sites is 2. The highest BCUT2D eigenvalue weighted by Gasteiger charge is 2.24. The van der Waals surface area contributed by atoms with Crippen molar-refractivity contribution in [2.75, 3.05) is 0 Å². The Balaban J connectivity index is 1.72. The molecule has 190 valence electrons. The molecule has 11 heteroatoms. The van der Waals surface area contributed by atoms with Gasteiger partial charge in [0, 0.05) is 28.1 Å². The van der Waals surface area contributed by atoms with Crippen molar-refractivity contribution in [3.63, 3.8) is 0 Å². The Bertz CT molecular complexity index is 2300. The minimum Gasteiger partial charge on any atom is -0.455 e. The van der Waals surface area contributed by atoms with Crippen LogP contribution in [0.1, 0.15) is 0 Å². The molecule has 2 aromatic heterocycles. The van der Waals surface area contributed by atoms with Gasteiger partial charge in [0.1, 0.15) is 81.8 Å². The first-order valence-electron chi connectivity index (χ1n) is 14.9. The minimum absolute atomic E-state index is 0.889. The van der Waals surface area contributed by atoms with Crippen LogP contribution >= 0.6 is 0 Å². The number of furan rings is 1. The molecule has 0 aliphatic carbocycles. The van der Waals surface area contributed by atoms with E-state index >= 15 is 0 Å². The lowest BCUT2D eigenvalue weighted by molar-refractivity contribution is 0.671. The van der Waals surface area contributed by atoms with Gasteiger partial charge in [-0.25, -0.2) is 0 Å². The van der Waals surface area contributed by atoms with Crippen LogP contribution in [0, 0.1) is 0 Å². The van der Waals surface area contributed by atoms with Gasteiger partial charge >= 0.3 is 0 Å². The van der Waals surface area contributed by atoms with Gasteiger partial charge in [0.15, 0.2) is 0 Å². The van der Waals surface area contributed by atoms with Gasteiger partial charge in [-0.15, -0.1) is 21.9 Å². The number of benzene rings is 5. The molecule has 0 saturated heterocycles. The van der Waals surface area contributed by atoms with E-state index in [0.717, 1.165) is 38.8 Å². The van der Waals surface area contributed by atoms with Gasteiger partial charge in [-0.05, 0) is 45.3 Å². The quantitative estimate of drug-likeness (QED) is 0.165. The van der Waals surface area contributed by atoms with Gasteiger partial charge in [0.25, 0.3) is 0 Å². The Morgan fingerprint density at radius 3 is 1.50 bits per heavy atom. The van der Waals surface area contributed by atoms with Crippen molar-refractivity contribution in [1.29, 1.82) is 0 Å². The molecular formula is C31H28B9NO. The molecule has 2 heterocycles. The van der Waals surface area contributed by atoms with Crippen molar-refractivity contribution in [1.82, 2.24) is 4.98 Å². The van der Waals surface area contributed by atoms with Gasteiger partial charge in [-0.1, -0.05) is 63.7 Å². The topological polar surface area (TPSA) is 26.0 Å². The lowest BCUT2D eigenvalue weighted by Crippen LogP contribution is -2.51. The first-order chi connectivity index (χ1) is 20.1. The molecule has 0 unspecified atom stereocenters. The normalized spacial score (nSPS) is 11.7. The van der Waals surface area contributed by atoms with E-state index in [2.05, 4.69) is 118 Å². The summed E-state index contributed by atoms with van der Waals surface area (Å²) in [6.45, 7) is 0. The Morgan fingerprint density at radius 1 is 0.429 bits per heavy atom. The van der Waals surface area contributed by atoms with Crippen molar-refractivity contribution in [2.24, 2.45) is 0 Å². The van der Waals surface area contributed by atoms with E-state index in [0.29, 0.717) is 0 Å². The van der Waals surface area contributed by atoms with Crippen molar-refractivity contribution in [3.05, 3.63) is 60.8 Å². The molecule has 0 amide bonds. The van der Waals surface area contributed by atoms with Crippen LogP contribution in [0.4, 0.5) is 0 Å². The highest BCUT2D eigenvalue weighted by Crippen LogP contribution is 2.40. The maximum Gasteiger partial charge on any atom is 0.144 e.